The third-order valence-electron chi connectivity index (χ3n) is 4.05. The molecule has 2 aliphatic rings. The van der Waals surface area contributed by atoms with Gasteiger partial charge in [0.1, 0.15) is 22.9 Å². The molecule has 0 atom stereocenters. The van der Waals surface area contributed by atoms with Crippen LogP contribution in [0.3, 0.4) is 0 Å². The first-order chi connectivity index (χ1) is 10.2. The van der Waals surface area contributed by atoms with E-state index in [0.29, 0.717) is 5.15 Å². The van der Waals surface area contributed by atoms with Crippen LogP contribution < -0.4 is 4.90 Å². The average molecular weight is 325 g/mol. The van der Waals surface area contributed by atoms with E-state index in [0.717, 1.165) is 37.6 Å². The van der Waals surface area contributed by atoms with E-state index in [1.54, 1.807) is 4.90 Å². The molecule has 1 aromatic rings. The molecule has 0 unspecified atom stereocenters. The summed E-state index contributed by atoms with van der Waals surface area (Å²) in [4.78, 5) is 24.2. The lowest BCUT2D eigenvalue weighted by Gasteiger charge is -2.60. The summed E-state index contributed by atoms with van der Waals surface area (Å²) < 4.78 is 5.39. The second kappa shape index (κ2) is 4.98. The first-order valence-electron chi connectivity index (χ1n) is 7.39. The molecule has 1 amide bonds. The first kappa shape index (κ1) is 15.3. The zero-order valence-corrected chi connectivity index (χ0v) is 14.1. The fraction of sp³-hybridized carbons (Fsp3) is 0.667. The summed E-state index contributed by atoms with van der Waals surface area (Å²) in [6.07, 6.45) is 1.27. The molecule has 22 heavy (non-hydrogen) atoms. The minimum Gasteiger partial charge on any atom is -0.444 e. The Bertz CT molecular complexity index is 600. The van der Waals surface area contributed by atoms with E-state index in [2.05, 4.69) is 14.9 Å². The Balaban J connectivity index is 1.55. The van der Waals surface area contributed by atoms with E-state index >= 15 is 0 Å². The highest BCUT2D eigenvalue weighted by Gasteiger charge is 2.54. The Labute approximate surface area is 135 Å². The molecule has 120 valence electrons. The van der Waals surface area contributed by atoms with Crippen molar-refractivity contribution in [1.29, 1.82) is 0 Å². The van der Waals surface area contributed by atoms with Gasteiger partial charge in [-0.2, -0.15) is 0 Å². The number of ether oxygens (including phenoxy) is 1. The molecule has 2 aliphatic heterocycles. The lowest BCUT2D eigenvalue weighted by molar-refractivity contribution is -0.0455. The maximum atomic E-state index is 12.0. The second-order valence-electron chi connectivity index (χ2n) is 7.31. The third kappa shape index (κ3) is 2.72. The van der Waals surface area contributed by atoms with Gasteiger partial charge in [0.15, 0.2) is 0 Å². The normalized spacial score (nSPS) is 19.7. The molecule has 0 radical (unpaired) electrons. The molecular weight excluding hydrogens is 304 g/mol. The number of amides is 1. The maximum absolute atomic E-state index is 12.0. The van der Waals surface area contributed by atoms with Crippen LogP contribution in [0.4, 0.5) is 10.6 Å². The van der Waals surface area contributed by atoms with Crippen LogP contribution in [0.1, 0.15) is 26.3 Å². The predicted molar refractivity (Wildman–Crippen MR) is 84.2 cm³/mol. The summed E-state index contributed by atoms with van der Waals surface area (Å²) in [6.45, 7) is 10.8. The highest BCUT2D eigenvalue weighted by molar-refractivity contribution is 6.30. The van der Waals surface area contributed by atoms with Crippen molar-refractivity contribution in [3.8, 4) is 0 Å². The van der Waals surface area contributed by atoms with Crippen molar-refractivity contribution < 1.29 is 9.53 Å². The molecule has 7 heteroatoms. The molecule has 1 spiro atoms. The smallest absolute Gasteiger partial charge is 0.410 e. The van der Waals surface area contributed by atoms with Crippen molar-refractivity contribution in [2.45, 2.75) is 33.3 Å². The van der Waals surface area contributed by atoms with Gasteiger partial charge < -0.3 is 14.5 Å². The fourth-order valence-electron chi connectivity index (χ4n) is 3.07. The molecule has 3 heterocycles. The minimum atomic E-state index is -0.444. The van der Waals surface area contributed by atoms with Crippen LogP contribution in [0.2, 0.25) is 5.15 Å². The molecule has 0 aliphatic carbocycles. The molecule has 3 rings (SSSR count). The van der Waals surface area contributed by atoms with Gasteiger partial charge in [-0.15, -0.1) is 0 Å². The number of aromatic nitrogens is 2. The number of carbonyl (C=O) groups excluding carboxylic acids is 1. The van der Waals surface area contributed by atoms with Gasteiger partial charge in [0.25, 0.3) is 0 Å². The number of rotatable bonds is 1. The lowest BCUT2D eigenvalue weighted by Crippen LogP contribution is -2.73. The number of halogens is 1. The Morgan fingerprint density at radius 2 is 1.91 bits per heavy atom. The van der Waals surface area contributed by atoms with Gasteiger partial charge in [-0.3, -0.25) is 0 Å². The van der Waals surface area contributed by atoms with E-state index in [4.69, 9.17) is 16.3 Å². The van der Waals surface area contributed by atoms with Gasteiger partial charge >= 0.3 is 6.09 Å². The summed E-state index contributed by atoms with van der Waals surface area (Å²) >= 11 is 6.04. The molecule has 2 saturated heterocycles. The van der Waals surface area contributed by atoms with Crippen LogP contribution in [-0.2, 0) is 4.74 Å². The molecule has 0 N–H and O–H groups in total. The van der Waals surface area contributed by atoms with Crippen LogP contribution in [-0.4, -0.2) is 52.7 Å². The van der Waals surface area contributed by atoms with E-state index in [-0.39, 0.29) is 11.5 Å². The quantitative estimate of drug-likeness (QED) is 0.743. The monoisotopic (exact) mass is 324 g/mol. The van der Waals surface area contributed by atoms with Crippen molar-refractivity contribution in [1.82, 2.24) is 14.9 Å². The fourth-order valence-corrected chi connectivity index (χ4v) is 3.20. The zero-order chi connectivity index (χ0) is 16.1. The van der Waals surface area contributed by atoms with Crippen molar-refractivity contribution >= 4 is 23.5 Å². The standard InChI is InChI=1S/C15H21ClN4O2/c1-10-11(16)17-9-18-12(10)19-5-15(6-19)7-20(8-15)13(21)22-14(2,3)4/h9H,5-8H2,1-4H3. The Morgan fingerprint density at radius 3 is 2.50 bits per heavy atom. The van der Waals surface area contributed by atoms with E-state index in [1.165, 1.54) is 6.33 Å². The van der Waals surface area contributed by atoms with Crippen molar-refractivity contribution in [2.24, 2.45) is 5.41 Å². The van der Waals surface area contributed by atoms with Crippen LogP contribution in [0.5, 0.6) is 0 Å². The highest BCUT2D eigenvalue weighted by atomic mass is 35.5. The second-order valence-corrected chi connectivity index (χ2v) is 7.66. The summed E-state index contributed by atoms with van der Waals surface area (Å²) in [5.74, 6) is 0.890. The van der Waals surface area contributed by atoms with Gasteiger partial charge in [-0.05, 0) is 27.7 Å². The summed E-state index contributed by atoms with van der Waals surface area (Å²) in [7, 11) is 0. The van der Waals surface area contributed by atoms with Gasteiger partial charge in [0.05, 0.1) is 0 Å². The highest BCUT2D eigenvalue weighted by Crippen LogP contribution is 2.42. The van der Waals surface area contributed by atoms with Gasteiger partial charge in [0, 0.05) is 37.2 Å². The molecular formula is C15H21ClN4O2. The molecule has 1 aromatic heterocycles. The van der Waals surface area contributed by atoms with E-state index < -0.39 is 5.60 Å². The zero-order valence-electron chi connectivity index (χ0n) is 13.4. The molecule has 0 aromatic carbocycles. The predicted octanol–water partition coefficient (Wildman–Crippen LogP) is 2.50. The van der Waals surface area contributed by atoms with Crippen LogP contribution in [0, 0.1) is 12.3 Å². The Hall–Kier alpha value is -1.56. The van der Waals surface area contributed by atoms with Gasteiger partial charge in [-0.25, -0.2) is 14.8 Å². The van der Waals surface area contributed by atoms with Crippen LogP contribution in [0.25, 0.3) is 0 Å². The Kier molecular flexibility index (Phi) is 3.47. The van der Waals surface area contributed by atoms with Crippen LogP contribution in [0.15, 0.2) is 6.33 Å². The SMILES string of the molecule is Cc1c(Cl)ncnc1N1CC2(CN(C(=O)OC(C)(C)C)C2)C1. The van der Waals surface area contributed by atoms with Crippen molar-refractivity contribution in [2.75, 3.05) is 31.1 Å². The Morgan fingerprint density at radius 1 is 1.27 bits per heavy atom. The molecule has 0 bridgehead atoms. The topological polar surface area (TPSA) is 58.6 Å². The van der Waals surface area contributed by atoms with Gasteiger partial charge in [-0.1, -0.05) is 11.6 Å². The lowest BCUT2D eigenvalue weighted by atomic mass is 9.73. The summed E-state index contributed by atoms with van der Waals surface area (Å²) in [5, 5.41) is 0.495. The largest absolute Gasteiger partial charge is 0.444 e. The third-order valence-corrected chi connectivity index (χ3v) is 4.43. The summed E-state index contributed by atoms with van der Waals surface area (Å²) in [6, 6.07) is 0. The van der Waals surface area contributed by atoms with Crippen LogP contribution >= 0.6 is 11.6 Å². The molecule has 0 saturated carbocycles. The number of hydrogen-bond donors (Lipinski definition) is 0. The summed E-state index contributed by atoms with van der Waals surface area (Å²) in [5.41, 5.74) is 0.642. The maximum Gasteiger partial charge on any atom is 0.410 e. The van der Waals surface area contributed by atoms with Gasteiger partial charge in [0.2, 0.25) is 0 Å². The number of hydrogen-bond acceptors (Lipinski definition) is 5. The minimum absolute atomic E-state index is 0.181. The first-order valence-corrected chi connectivity index (χ1v) is 7.77. The molecule has 6 nitrogen and oxygen atoms in total. The van der Waals surface area contributed by atoms with E-state index in [1.807, 2.05) is 27.7 Å². The number of carbonyl (C=O) groups is 1. The number of nitrogens with zero attached hydrogens (tertiary/aromatic N) is 4. The average Bonchev–Trinajstić information content (AvgIpc) is 2.28. The molecule has 2 fully saturated rings. The van der Waals surface area contributed by atoms with Crippen molar-refractivity contribution in [3.05, 3.63) is 17.0 Å². The van der Waals surface area contributed by atoms with E-state index in [9.17, 15) is 4.79 Å². The van der Waals surface area contributed by atoms with Crippen molar-refractivity contribution in [3.63, 3.8) is 0 Å². The number of anilines is 1. The number of likely N-dealkylation sites (tertiary alicyclic amines) is 1.